The maximum Gasteiger partial charge on any atom is 0.320 e. The molecule has 0 saturated heterocycles. The van der Waals surface area contributed by atoms with Gasteiger partial charge >= 0.3 is 5.97 Å². The van der Waals surface area contributed by atoms with E-state index in [0.29, 0.717) is 19.0 Å². The van der Waals surface area contributed by atoms with Gasteiger partial charge in [0.15, 0.2) is 5.58 Å². The molecule has 0 amide bonds. The molecule has 1 aromatic carbocycles. The molecular formula is C15H20N2O3. The zero-order valence-electron chi connectivity index (χ0n) is 12.0. The highest BCUT2D eigenvalue weighted by Crippen LogP contribution is 2.16. The van der Waals surface area contributed by atoms with Crippen LogP contribution in [0.5, 0.6) is 0 Å². The molecule has 0 fully saturated rings. The van der Waals surface area contributed by atoms with Crippen LogP contribution in [0.15, 0.2) is 28.7 Å². The Kier molecular flexibility index (Phi) is 5.12. The Hall–Kier alpha value is -1.88. The number of benzene rings is 1. The Morgan fingerprint density at radius 2 is 2.15 bits per heavy atom. The number of aromatic nitrogens is 1. The monoisotopic (exact) mass is 276 g/mol. The lowest BCUT2D eigenvalue weighted by atomic mass is 10.3. The Morgan fingerprint density at radius 1 is 1.35 bits per heavy atom. The van der Waals surface area contributed by atoms with Crippen LogP contribution in [-0.2, 0) is 16.1 Å². The summed E-state index contributed by atoms with van der Waals surface area (Å²) in [6, 6.07) is 7.65. The van der Waals surface area contributed by atoms with Gasteiger partial charge in [-0.3, -0.25) is 9.69 Å². The molecule has 2 aromatic rings. The third-order valence-corrected chi connectivity index (χ3v) is 2.89. The van der Waals surface area contributed by atoms with E-state index in [9.17, 15) is 4.79 Å². The minimum Gasteiger partial charge on any atom is -0.465 e. The number of oxazole rings is 1. The molecule has 0 aliphatic carbocycles. The fourth-order valence-corrected chi connectivity index (χ4v) is 2.10. The van der Waals surface area contributed by atoms with Crippen molar-refractivity contribution in [1.82, 2.24) is 9.88 Å². The highest BCUT2D eigenvalue weighted by Gasteiger charge is 2.14. The normalized spacial score (nSPS) is 11.2. The van der Waals surface area contributed by atoms with Gasteiger partial charge in [0.05, 0.1) is 19.7 Å². The Labute approximate surface area is 118 Å². The molecule has 108 valence electrons. The van der Waals surface area contributed by atoms with Gasteiger partial charge in [0.1, 0.15) is 5.52 Å². The zero-order valence-corrected chi connectivity index (χ0v) is 12.0. The number of fused-ring (bicyclic) bond motifs is 1. The number of esters is 1. The van der Waals surface area contributed by atoms with Gasteiger partial charge in [-0.05, 0) is 32.0 Å². The van der Waals surface area contributed by atoms with Crippen LogP contribution in [0, 0.1) is 0 Å². The second kappa shape index (κ2) is 7.05. The number of rotatable bonds is 7. The van der Waals surface area contributed by atoms with E-state index in [1.807, 2.05) is 36.1 Å². The van der Waals surface area contributed by atoms with E-state index in [1.165, 1.54) is 0 Å². The molecule has 2 rings (SSSR count). The summed E-state index contributed by atoms with van der Waals surface area (Å²) in [6.45, 7) is 5.87. The summed E-state index contributed by atoms with van der Waals surface area (Å²) < 4.78 is 10.7. The average Bonchev–Trinajstić information content (AvgIpc) is 2.81. The zero-order chi connectivity index (χ0) is 14.4. The van der Waals surface area contributed by atoms with Gasteiger partial charge in [-0.15, -0.1) is 0 Å². The highest BCUT2D eigenvalue weighted by molar-refractivity contribution is 5.72. The number of carbonyl (C=O) groups excluding carboxylic acids is 1. The molecule has 0 unspecified atom stereocenters. The number of carbonyl (C=O) groups is 1. The maximum atomic E-state index is 11.6. The molecule has 0 aliphatic heterocycles. The summed E-state index contributed by atoms with van der Waals surface area (Å²) in [5.41, 5.74) is 1.62. The van der Waals surface area contributed by atoms with Crippen molar-refractivity contribution in [3.63, 3.8) is 0 Å². The first-order chi connectivity index (χ1) is 9.72. The molecule has 0 atom stereocenters. The SMILES string of the molecule is CCCN(CC(=O)OCC)Cc1nc2ccccc2o1. The van der Waals surface area contributed by atoms with Crippen LogP contribution in [0.25, 0.3) is 11.1 Å². The molecule has 1 aromatic heterocycles. The third-order valence-electron chi connectivity index (χ3n) is 2.89. The van der Waals surface area contributed by atoms with E-state index >= 15 is 0 Å². The molecule has 5 nitrogen and oxygen atoms in total. The van der Waals surface area contributed by atoms with Gasteiger partial charge in [0.25, 0.3) is 0 Å². The predicted molar refractivity (Wildman–Crippen MR) is 76.2 cm³/mol. The predicted octanol–water partition coefficient (Wildman–Crippen LogP) is 2.60. The second-order valence-electron chi connectivity index (χ2n) is 4.59. The summed E-state index contributed by atoms with van der Waals surface area (Å²) in [7, 11) is 0. The Balaban J connectivity index is 2.04. The summed E-state index contributed by atoms with van der Waals surface area (Å²) in [6.07, 6.45) is 0.958. The fraction of sp³-hybridized carbons (Fsp3) is 0.467. The van der Waals surface area contributed by atoms with Crippen LogP contribution in [0.2, 0.25) is 0 Å². The van der Waals surface area contributed by atoms with Crippen LogP contribution in [-0.4, -0.2) is 35.5 Å². The van der Waals surface area contributed by atoms with Gasteiger partial charge in [-0.25, -0.2) is 4.98 Å². The molecule has 0 aliphatic rings. The first-order valence-corrected chi connectivity index (χ1v) is 6.95. The van der Waals surface area contributed by atoms with Gasteiger partial charge < -0.3 is 9.15 Å². The van der Waals surface area contributed by atoms with Crippen LogP contribution in [0.3, 0.4) is 0 Å². The van der Waals surface area contributed by atoms with Gasteiger partial charge in [-0.2, -0.15) is 0 Å². The van der Waals surface area contributed by atoms with Gasteiger partial charge in [0.2, 0.25) is 5.89 Å². The molecule has 20 heavy (non-hydrogen) atoms. The summed E-state index contributed by atoms with van der Waals surface area (Å²) in [4.78, 5) is 18.0. The van der Waals surface area contributed by atoms with E-state index in [0.717, 1.165) is 24.1 Å². The number of nitrogens with zero attached hydrogens (tertiary/aromatic N) is 2. The highest BCUT2D eigenvalue weighted by atomic mass is 16.5. The number of hydrogen-bond acceptors (Lipinski definition) is 5. The first-order valence-electron chi connectivity index (χ1n) is 6.95. The lowest BCUT2D eigenvalue weighted by Crippen LogP contribution is -2.31. The summed E-state index contributed by atoms with van der Waals surface area (Å²) in [5.74, 6) is 0.418. The van der Waals surface area contributed by atoms with Crippen molar-refractivity contribution < 1.29 is 13.9 Å². The minimum atomic E-state index is -0.211. The van der Waals surface area contributed by atoms with E-state index in [4.69, 9.17) is 9.15 Å². The number of para-hydroxylation sites is 2. The molecule has 1 heterocycles. The van der Waals surface area contributed by atoms with Crippen LogP contribution >= 0.6 is 0 Å². The Morgan fingerprint density at radius 3 is 2.85 bits per heavy atom. The standard InChI is InChI=1S/C15H20N2O3/c1-3-9-17(11-15(18)19-4-2)10-14-16-12-7-5-6-8-13(12)20-14/h5-8H,3-4,9-11H2,1-2H3. The maximum absolute atomic E-state index is 11.6. The molecule has 0 bridgehead atoms. The van der Waals surface area contributed by atoms with Crippen molar-refractivity contribution in [2.24, 2.45) is 0 Å². The molecule has 0 spiro atoms. The largest absolute Gasteiger partial charge is 0.465 e. The van der Waals surface area contributed by atoms with E-state index in [1.54, 1.807) is 0 Å². The number of hydrogen-bond donors (Lipinski definition) is 0. The lowest BCUT2D eigenvalue weighted by molar-refractivity contribution is -0.144. The van der Waals surface area contributed by atoms with Crippen molar-refractivity contribution in [3.05, 3.63) is 30.2 Å². The quantitative estimate of drug-likeness (QED) is 0.728. The van der Waals surface area contributed by atoms with E-state index < -0.39 is 0 Å². The van der Waals surface area contributed by atoms with E-state index in [-0.39, 0.29) is 12.5 Å². The molecule has 5 heteroatoms. The average molecular weight is 276 g/mol. The van der Waals surface area contributed by atoms with Gasteiger partial charge in [-0.1, -0.05) is 19.1 Å². The Bertz CT molecular complexity index is 532. The molecule has 0 N–H and O–H groups in total. The first kappa shape index (κ1) is 14.5. The van der Waals surface area contributed by atoms with E-state index in [2.05, 4.69) is 11.9 Å². The third kappa shape index (κ3) is 3.81. The van der Waals surface area contributed by atoms with Crippen LogP contribution < -0.4 is 0 Å². The lowest BCUT2D eigenvalue weighted by Gasteiger charge is -2.18. The van der Waals surface area contributed by atoms with Gasteiger partial charge in [0, 0.05) is 0 Å². The van der Waals surface area contributed by atoms with Crippen molar-refractivity contribution in [2.75, 3.05) is 19.7 Å². The summed E-state index contributed by atoms with van der Waals surface area (Å²) >= 11 is 0. The number of ether oxygens (including phenoxy) is 1. The molecule has 0 saturated carbocycles. The smallest absolute Gasteiger partial charge is 0.320 e. The van der Waals surface area contributed by atoms with Crippen molar-refractivity contribution in [3.8, 4) is 0 Å². The van der Waals surface area contributed by atoms with Crippen molar-refractivity contribution >= 4 is 17.1 Å². The fourth-order valence-electron chi connectivity index (χ4n) is 2.10. The minimum absolute atomic E-state index is 0.211. The molecule has 0 radical (unpaired) electrons. The van der Waals surface area contributed by atoms with Crippen molar-refractivity contribution in [2.45, 2.75) is 26.8 Å². The van der Waals surface area contributed by atoms with Crippen LogP contribution in [0.4, 0.5) is 0 Å². The summed E-state index contributed by atoms with van der Waals surface area (Å²) in [5, 5.41) is 0. The molecular weight excluding hydrogens is 256 g/mol. The topological polar surface area (TPSA) is 55.6 Å². The van der Waals surface area contributed by atoms with Crippen molar-refractivity contribution in [1.29, 1.82) is 0 Å². The second-order valence-corrected chi connectivity index (χ2v) is 4.59. The van der Waals surface area contributed by atoms with Crippen LogP contribution in [0.1, 0.15) is 26.2 Å².